The molecule has 4 heteroatoms. The van der Waals surface area contributed by atoms with Crippen molar-refractivity contribution in [3.63, 3.8) is 0 Å². The number of nitrogens with zero attached hydrogens (tertiary/aromatic N) is 1. The fourth-order valence-electron chi connectivity index (χ4n) is 2.17. The van der Waals surface area contributed by atoms with E-state index in [9.17, 15) is 4.79 Å². The van der Waals surface area contributed by atoms with E-state index in [-0.39, 0.29) is 5.97 Å². The minimum Gasteiger partial charge on any atom is -0.461 e. The summed E-state index contributed by atoms with van der Waals surface area (Å²) in [6, 6.07) is 18.3. The molecule has 0 saturated heterocycles. The van der Waals surface area contributed by atoms with Crippen molar-refractivity contribution in [2.24, 2.45) is 0 Å². The molecule has 1 aromatic heterocycles. The molecule has 0 fully saturated rings. The number of hydrogen-bond donors (Lipinski definition) is 0. The van der Waals surface area contributed by atoms with Crippen molar-refractivity contribution in [2.45, 2.75) is 6.92 Å². The minimum atomic E-state index is -0.371. The lowest BCUT2D eigenvalue weighted by Crippen LogP contribution is -2.04. The highest BCUT2D eigenvalue weighted by atomic mass is 32.1. The van der Waals surface area contributed by atoms with Crippen LogP contribution in [0.25, 0.3) is 21.7 Å². The van der Waals surface area contributed by atoms with E-state index in [4.69, 9.17) is 4.74 Å². The van der Waals surface area contributed by atoms with Crippen molar-refractivity contribution in [1.82, 2.24) is 4.98 Å². The molecule has 0 aliphatic carbocycles. The Hall–Kier alpha value is -2.46. The highest BCUT2D eigenvalue weighted by Gasteiger charge is 2.12. The fourth-order valence-corrected chi connectivity index (χ4v) is 2.95. The second-order valence-corrected chi connectivity index (χ2v) is 5.56. The van der Waals surface area contributed by atoms with Gasteiger partial charge in [0.2, 0.25) is 0 Å². The molecule has 2 aromatic carbocycles. The Kier molecular flexibility index (Phi) is 4.30. The molecule has 0 unspecified atom stereocenters. The fraction of sp³-hybridized carbons (Fsp3) is 0.111. The standard InChI is InChI=1S/C18H15NO2S/c1-2-21-18(20)16-12-22-17(19-16)15-10-6-9-14(11-15)13-7-4-3-5-8-13/h3-12H,2H2,1H3. The van der Waals surface area contributed by atoms with Crippen LogP contribution in [0.3, 0.4) is 0 Å². The maximum Gasteiger partial charge on any atom is 0.357 e. The molecule has 3 nitrogen and oxygen atoms in total. The minimum absolute atomic E-state index is 0.356. The molecule has 110 valence electrons. The van der Waals surface area contributed by atoms with Crippen LogP contribution in [-0.4, -0.2) is 17.6 Å². The summed E-state index contributed by atoms with van der Waals surface area (Å²) in [4.78, 5) is 16.1. The van der Waals surface area contributed by atoms with E-state index < -0.39 is 0 Å². The van der Waals surface area contributed by atoms with Crippen molar-refractivity contribution in [1.29, 1.82) is 0 Å². The Morgan fingerprint density at radius 1 is 1.05 bits per heavy atom. The molecule has 0 amide bonds. The molecular weight excluding hydrogens is 294 g/mol. The topological polar surface area (TPSA) is 39.2 Å². The summed E-state index contributed by atoms with van der Waals surface area (Å²) in [5, 5.41) is 2.56. The van der Waals surface area contributed by atoms with Gasteiger partial charge in [0.05, 0.1) is 6.61 Å². The number of esters is 1. The average Bonchev–Trinajstić information content (AvgIpc) is 3.06. The Morgan fingerprint density at radius 2 is 1.77 bits per heavy atom. The van der Waals surface area contributed by atoms with E-state index >= 15 is 0 Å². The van der Waals surface area contributed by atoms with Crippen molar-refractivity contribution in [2.75, 3.05) is 6.61 Å². The molecule has 0 radical (unpaired) electrons. The third kappa shape index (κ3) is 3.07. The van der Waals surface area contributed by atoms with Crippen LogP contribution in [-0.2, 0) is 4.74 Å². The molecule has 0 aliphatic heterocycles. The number of rotatable bonds is 4. The predicted octanol–water partition coefficient (Wildman–Crippen LogP) is 4.65. The number of carbonyl (C=O) groups is 1. The summed E-state index contributed by atoms with van der Waals surface area (Å²) in [5.74, 6) is -0.371. The molecule has 0 atom stereocenters. The quantitative estimate of drug-likeness (QED) is 0.658. The molecule has 1 heterocycles. The van der Waals surface area contributed by atoms with E-state index in [1.807, 2.05) is 30.3 Å². The number of ether oxygens (including phenoxy) is 1. The van der Waals surface area contributed by atoms with Gasteiger partial charge in [-0.2, -0.15) is 0 Å². The van der Waals surface area contributed by atoms with Gasteiger partial charge in [0, 0.05) is 10.9 Å². The molecular formula is C18H15NO2S. The Morgan fingerprint density at radius 3 is 2.55 bits per heavy atom. The second kappa shape index (κ2) is 6.54. The molecule has 0 N–H and O–H groups in total. The van der Waals surface area contributed by atoms with Crippen LogP contribution in [0.15, 0.2) is 60.0 Å². The van der Waals surface area contributed by atoms with Gasteiger partial charge in [0.25, 0.3) is 0 Å². The molecule has 0 saturated carbocycles. The van der Waals surface area contributed by atoms with Crippen LogP contribution < -0.4 is 0 Å². The van der Waals surface area contributed by atoms with E-state index in [0.717, 1.165) is 21.7 Å². The number of carbonyl (C=O) groups excluding carboxylic acids is 1. The van der Waals surface area contributed by atoms with Crippen LogP contribution in [0.5, 0.6) is 0 Å². The Bertz CT molecular complexity index is 781. The lowest BCUT2D eigenvalue weighted by molar-refractivity contribution is 0.0520. The molecule has 3 aromatic rings. The molecule has 3 rings (SSSR count). The van der Waals surface area contributed by atoms with Gasteiger partial charge in [0.1, 0.15) is 5.01 Å². The van der Waals surface area contributed by atoms with E-state index in [1.165, 1.54) is 11.3 Å². The number of thiazole rings is 1. The maximum atomic E-state index is 11.7. The molecule has 22 heavy (non-hydrogen) atoms. The van der Waals surface area contributed by atoms with Gasteiger partial charge in [0.15, 0.2) is 5.69 Å². The highest BCUT2D eigenvalue weighted by molar-refractivity contribution is 7.13. The first-order chi connectivity index (χ1) is 10.8. The first-order valence-corrected chi connectivity index (χ1v) is 7.94. The normalized spacial score (nSPS) is 10.4. The van der Waals surface area contributed by atoms with Crippen molar-refractivity contribution >= 4 is 17.3 Å². The van der Waals surface area contributed by atoms with Gasteiger partial charge in [-0.15, -0.1) is 11.3 Å². The summed E-state index contributed by atoms with van der Waals surface area (Å²) in [6.07, 6.45) is 0. The third-order valence-corrected chi connectivity index (χ3v) is 4.10. The third-order valence-electron chi connectivity index (χ3n) is 3.21. The SMILES string of the molecule is CCOC(=O)c1csc(-c2cccc(-c3ccccc3)c2)n1. The lowest BCUT2D eigenvalue weighted by atomic mass is 10.0. The van der Waals surface area contributed by atoms with Crippen LogP contribution in [0.1, 0.15) is 17.4 Å². The van der Waals surface area contributed by atoms with Crippen LogP contribution in [0.2, 0.25) is 0 Å². The van der Waals surface area contributed by atoms with Crippen LogP contribution in [0.4, 0.5) is 0 Å². The smallest absolute Gasteiger partial charge is 0.357 e. The van der Waals surface area contributed by atoms with Gasteiger partial charge < -0.3 is 4.74 Å². The first kappa shape index (κ1) is 14.5. The van der Waals surface area contributed by atoms with Gasteiger partial charge >= 0.3 is 5.97 Å². The zero-order chi connectivity index (χ0) is 15.4. The molecule has 0 bridgehead atoms. The lowest BCUT2D eigenvalue weighted by Gasteiger charge is -2.03. The van der Waals surface area contributed by atoms with Crippen LogP contribution >= 0.6 is 11.3 Å². The van der Waals surface area contributed by atoms with Gasteiger partial charge in [-0.1, -0.05) is 48.5 Å². The summed E-state index contributed by atoms with van der Waals surface area (Å²) in [7, 11) is 0. The molecule has 0 spiro atoms. The molecule has 0 aliphatic rings. The monoisotopic (exact) mass is 309 g/mol. The van der Waals surface area contributed by atoms with E-state index in [1.54, 1.807) is 12.3 Å². The van der Waals surface area contributed by atoms with Crippen molar-refractivity contribution in [3.8, 4) is 21.7 Å². The van der Waals surface area contributed by atoms with Gasteiger partial charge in [-0.3, -0.25) is 0 Å². The zero-order valence-corrected chi connectivity index (χ0v) is 13.0. The summed E-state index contributed by atoms with van der Waals surface area (Å²) < 4.78 is 4.98. The summed E-state index contributed by atoms with van der Waals surface area (Å²) in [5.41, 5.74) is 3.66. The second-order valence-electron chi connectivity index (χ2n) is 4.71. The first-order valence-electron chi connectivity index (χ1n) is 7.06. The maximum absolute atomic E-state index is 11.7. The van der Waals surface area contributed by atoms with Gasteiger partial charge in [-0.05, 0) is 24.1 Å². The summed E-state index contributed by atoms with van der Waals surface area (Å²) >= 11 is 1.45. The van der Waals surface area contributed by atoms with Crippen LogP contribution in [0, 0.1) is 0 Å². The van der Waals surface area contributed by atoms with E-state index in [0.29, 0.717) is 12.3 Å². The average molecular weight is 309 g/mol. The summed E-state index contributed by atoms with van der Waals surface area (Å²) in [6.45, 7) is 2.14. The number of benzene rings is 2. The predicted molar refractivity (Wildman–Crippen MR) is 88.9 cm³/mol. The number of hydrogen-bond acceptors (Lipinski definition) is 4. The highest BCUT2D eigenvalue weighted by Crippen LogP contribution is 2.28. The van der Waals surface area contributed by atoms with Crippen molar-refractivity contribution < 1.29 is 9.53 Å². The Balaban J connectivity index is 1.91. The largest absolute Gasteiger partial charge is 0.461 e. The number of aromatic nitrogens is 1. The van der Waals surface area contributed by atoms with Gasteiger partial charge in [-0.25, -0.2) is 9.78 Å². The van der Waals surface area contributed by atoms with E-state index in [2.05, 4.69) is 29.2 Å². The zero-order valence-electron chi connectivity index (χ0n) is 12.2. The Labute approximate surface area is 133 Å². The van der Waals surface area contributed by atoms with Crippen molar-refractivity contribution in [3.05, 3.63) is 65.7 Å².